The van der Waals surface area contributed by atoms with Crippen LogP contribution >= 0.6 is 0 Å². The molecule has 0 unspecified atom stereocenters. The van der Waals surface area contributed by atoms with Gasteiger partial charge in [-0.2, -0.15) is 0 Å². The monoisotopic (exact) mass is 203 g/mol. The van der Waals surface area contributed by atoms with Gasteiger partial charge in [-0.05, 0) is 48.6 Å². The molecule has 1 fully saturated rings. The second-order valence-corrected chi connectivity index (χ2v) is 5.09. The van der Waals surface area contributed by atoms with Gasteiger partial charge in [0.15, 0.2) is 0 Å². The predicted molar refractivity (Wildman–Crippen MR) is 65.8 cm³/mol. The zero-order chi connectivity index (χ0) is 10.8. The predicted octanol–water partition coefficient (Wildman–Crippen LogP) is 3.81. The number of hydrogen-bond donors (Lipinski definition) is 1. The summed E-state index contributed by atoms with van der Waals surface area (Å²) in [6.45, 7) is 4.74. The molecule has 3 atom stereocenters. The van der Waals surface area contributed by atoms with Gasteiger partial charge in [-0.3, -0.25) is 0 Å². The molecule has 1 aliphatic rings. The van der Waals surface area contributed by atoms with Gasteiger partial charge in [-0.15, -0.1) is 0 Å². The molecular weight excluding hydrogens is 182 g/mol. The van der Waals surface area contributed by atoms with Crippen LogP contribution in [0.25, 0.3) is 0 Å². The van der Waals surface area contributed by atoms with Gasteiger partial charge in [0.05, 0.1) is 0 Å². The zero-order valence-corrected chi connectivity index (χ0v) is 9.74. The van der Waals surface area contributed by atoms with Gasteiger partial charge in [-0.1, -0.05) is 32.0 Å². The van der Waals surface area contributed by atoms with Crippen LogP contribution < -0.4 is 5.73 Å². The lowest BCUT2D eigenvalue weighted by Crippen LogP contribution is -2.20. The Morgan fingerprint density at radius 1 is 1.07 bits per heavy atom. The lowest BCUT2D eigenvalue weighted by atomic mass is 9.73. The molecule has 1 heteroatoms. The Morgan fingerprint density at radius 3 is 2.47 bits per heavy atom. The third kappa shape index (κ3) is 2.17. The molecule has 0 spiro atoms. The van der Waals surface area contributed by atoms with Gasteiger partial charge < -0.3 is 5.73 Å². The summed E-state index contributed by atoms with van der Waals surface area (Å²) in [7, 11) is 0. The van der Waals surface area contributed by atoms with Crippen molar-refractivity contribution < 1.29 is 0 Å². The average Bonchev–Trinajstić information content (AvgIpc) is 2.23. The van der Waals surface area contributed by atoms with Crippen LogP contribution in [0, 0.1) is 11.8 Å². The molecule has 0 heterocycles. The second kappa shape index (κ2) is 4.26. The first-order chi connectivity index (χ1) is 7.18. The summed E-state index contributed by atoms with van der Waals surface area (Å²) in [5, 5.41) is 0. The molecule has 1 aliphatic carbocycles. The van der Waals surface area contributed by atoms with Crippen molar-refractivity contribution in [3.05, 3.63) is 29.8 Å². The number of benzene rings is 1. The Hall–Kier alpha value is -0.980. The lowest BCUT2D eigenvalue weighted by Gasteiger charge is -2.32. The maximum Gasteiger partial charge on any atom is 0.0349 e. The first kappa shape index (κ1) is 10.5. The fourth-order valence-corrected chi connectivity index (χ4v) is 2.71. The van der Waals surface area contributed by atoms with Crippen molar-refractivity contribution in [2.24, 2.45) is 11.8 Å². The fourth-order valence-electron chi connectivity index (χ4n) is 2.71. The SMILES string of the molecule is C[C@@H]1CC[C@H](c2ccccc2N)C[C@H]1C. The van der Waals surface area contributed by atoms with Gasteiger partial charge in [0.2, 0.25) is 0 Å². The standard InChI is InChI=1S/C14H21N/c1-10-7-8-12(9-11(10)2)13-5-3-4-6-14(13)15/h3-6,10-12H,7-9,15H2,1-2H3/t10-,11-,12+/m1/s1. The molecule has 2 rings (SSSR count). The van der Waals surface area contributed by atoms with Crippen LogP contribution in [0.2, 0.25) is 0 Å². The van der Waals surface area contributed by atoms with E-state index in [1.807, 2.05) is 12.1 Å². The number of nitrogen functional groups attached to an aromatic ring is 1. The number of nitrogens with two attached hydrogens (primary N) is 1. The number of hydrogen-bond acceptors (Lipinski definition) is 1. The quantitative estimate of drug-likeness (QED) is 0.690. The van der Waals surface area contributed by atoms with E-state index in [1.165, 1.54) is 24.8 Å². The van der Waals surface area contributed by atoms with Crippen molar-refractivity contribution in [2.45, 2.75) is 39.0 Å². The van der Waals surface area contributed by atoms with Crippen LogP contribution in [0.3, 0.4) is 0 Å². The van der Waals surface area contributed by atoms with Gasteiger partial charge >= 0.3 is 0 Å². The van der Waals surface area contributed by atoms with E-state index in [9.17, 15) is 0 Å². The summed E-state index contributed by atoms with van der Waals surface area (Å²) in [6, 6.07) is 8.35. The maximum absolute atomic E-state index is 6.03. The van der Waals surface area contributed by atoms with E-state index in [-0.39, 0.29) is 0 Å². The van der Waals surface area contributed by atoms with Crippen LogP contribution in [0.15, 0.2) is 24.3 Å². The Balaban J connectivity index is 2.15. The molecule has 0 amide bonds. The van der Waals surface area contributed by atoms with Gasteiger partial charge in [0, 0.05) is 5.69 Å². The molecule has 15 heavy (non-hydrogen) atoms. The van der Waals surface area contributed by atoms with E-state index in [4.69, 9.17) is 5.73 Å². The van der Waals surface area contributed by atoms with E-state index in [1.54, 1.807) is 0 Å². The highest BCUT2D eigenvalue weighted by Gasteiger charge is 2.26. The molecule has 0 saturated heterocycles. The van der Waals surface area contributed by atoms with Gasteiger partial charge in [-0.25, -0.2) is 0 Å². The summed E-state index contributed by atoms with van der Waals surface area (Å²) < 4.78 is 0. The van der Waals surface area contributed by atoms with E-state index >= 15 is 0 Å². The summed E-state index contributed by atoms with van der Waals surface area (Å²) in [5.41, 5.74) is 8.38. The van der Waals surface area contributed by atoms with Crippen molar-refractivity contribution >= 4 is 5.69 Å². The lowest BCUT2D eigenvalue weighted by molar-refractivity contribution is 0.251. The van der Waals surface area contributed by atoms with Crippen molar-refractivity contribution in [3.8, 4) is 0 Å². The highest BCUT2D eigenvalue weighted by atomic mass is 14.6. The number of anilines is 1. The van der Waals surface area contributed by atoms with Crippen LogP contribution in [0.4, 0.5) is 5.69 Å². The van der Waals surface area contributed by atoms with Crippen LogP contribution in [-0.4, -0.2) is 0 Å². The molecule has 0 aliphatic heterocycles. The molecule has 82 valence electrons. The van der Waals surface area contributed by atoms with Crippen molar-refractivity contribution in [2.75, 3.05) is 5.73 Å². The van der Waals surface area contributed by atoms with Crippen molar-refractivity contribution in [3.63, 3.8) is 0 Å². The first-order valence-corrected chi connectivity index (χ1v) is 6.03. The molecular formula is C14H21N. The highest BCUT2D eigenvalue weighted by molar-refractivity contribution is 5.48. The van der Waals surface area contributed by atoms with Crippen molar-refractivity contribution in [1.29, 1.82) is 0 Å². The normalized spacial score (nSPS) is 31.5. The summed E-state index contributed by atoms with van der Waals surface area (Å²) >= 11 is 0. The minimum absolute atomic E-state index is 0.692. The van der Waals surface area contributed by atoms with Crippen LogP contribution in [-0.2, 0) is 0 Å². The van der Waals surface area contributed by atoms with E-state index in [0.717, 1.165) is 17.5 Å². The molecule has 1 nitrogen and oxygen atoms in total. The second-order valence-electron chi connectivity index (χ2n) is 5.09. The van der Waals surface area contributed by atoms with E-state index < -0.39 is 0 Å². The van der Waals surface area contributed by atoms with Gasteiger partial charge in [0.25, 0.3) is 0 Å². The third-order valence-corrected chi connectivity index (χ3v) is 4.03. The fraction of sp³-hybridized carbons (Fsp3) is 0.571. The Morgan fingerprint density at radius 2 is 1.80 bits per heavy atom. The van der Waals surface area contributed by atoms with E-state index in [0.29, 0.717) is 5.92 Å². The van der Waals surface area contributed by atoms with Crippen molar-refractivity contribution in [1.82, 2.24) is 0 Å². The highest BCUT2D eigenvalue weighted by Crippen LogP contribution is 2.40. The minimum Gasteiger partial charge on any atom is -0.398 e. The molecule has 0 bridgehead atoms. The topological polar surface area (TPSA) is 26.0 Å². The molecule has 2 N–H and O–H groups in total. The Labute approximate surface area is 92.7 Å². The van der Waals surface area contributed by atoms with Gasteiger partial charge in [0.1, 0.15) is 0 Å². The molecule has 1 saturated carbocycles. The zero-order valence-electron chi connectivity index (χ0n) is 9.74. The Bertz CT molecular complexity index is 332. The number of rotatable bonds is 1. The largest absolute Gasteiger partial charge is 0.398 e. The number of para-hydroxylation sites is 1. The molecule has 0 radical (unpaired) electrons. The third-order valence-electron chi connectivity index (χ3n) is 4.03. The average molecular weight is 203 g/mol. The summed E-state index contributed by atoms with van der Waals surface area (Å²) in [6.07, 6.45) is 3.95. The minimum atomic E-state index is 0.692. The summed E-state index contributed by atoms with van der Waals surface area (Å²) in [5.74, 6) is 2.41. The van der Waals surface area contributed by atoms with Crippen LogP contribution in [0.1, 0.15) is 44.6 Å². The Kier molecular flexibility index (Phi) is 2.99. The first-order valence-electron chi connectivity index (χ1n) is 6.03. The molecule has 0 aromatic heterocycles. The summed E-state index contributed by atoms with van der Waals surface area (Å²) in [4.78, 5) is 0. The molecule has 1 aromatic carbocycles. The maximum atomic E-state index is 6.03. The smallest absolute Gasteiger partial charge is 0.0349 e. The van der Waals surface area contributed by atoms with E-state index in [2.05, 4.69) is 26.0 Å². The molecule has 1 aromatic rings. The van der Waals surface area contributed by atoms with Crippen LogP contribution in [0.5, 0.6) is 0 Å².